The van der Waals surface area contributed by atoms with E-state index in [2.05, 4.69) is 30.5 Å². The van der Waals surface area contributed by atoms with Crippen molar-refractivity contribution >= 4 is 16.9 Å². The molecule has 1 amide bonds. The second-order valence-corrected chi connectivity index (χ2v) is 6.31. The number of rotatable bonds is 6. The van der Waals surface area contributed by atoms with Crippen LogP contribution in [0.4, 0.5) is 0 Å². The molecule has 27 heavy (non-hydrogen) atoms. The molecule has 4 rings (SSSR count). The second kappa shape index (κ2) is 7.36. The molecule has 3 heterocycles. The van der Waals surface area contributed by atoms with Gasteiger partial charge in [-0.1, -0.05) is 6.07 Å². The van der Waals surface area contributed by atoms with Crippen LogP contribution in [0.3, 0.4) is 0 Å². The molecule has 0 saturated carbocycles. The first-order chi connectivity index (χ1) is 13.2. The lowest BCUT2D eigenvalue weighted by Crippen LogP contribution is -2.29. The van der Waals surface area contributed by atoms with E-state index in [-0.39, 0.29) is 12.5 Å². The summed E-state index contributed by atoms with van der Waals surface area (Å²) >= 11 is 0. The topological polar surface area (TPSA) is 101 Å². The van der Waals surface area contributed by atoms with Gasteiger partial charge in [-0.15, -0.1) is 0 Å². The first kappa shape index (κ1) is 16.9. The summed E-state index contributed by atoms with van der Waals surface area (Å²) in [4.78, 5) is 25.1. The van der Waals surface area contributed by atoms with Crippen molar-refractivity contribution in [3.05, 3.63) is 60.4 Å². The van der Waals surface area contributed by atoms with Gasteiger partial charge in [0.25, 0.3) is 0 Å². The molecule has 0 bridgehead atoms. The number of aryl methyl sites for hydroxylation is 1. The Balaban J connectivity index is 1.32. The highest BCUT2D eigenvalue weighted by Crippen LogP contribution is 2.14. The van der Waals surface area contributed by atoms with Crippen LogP contribution in [0, 0.1) is 6.92 Å². The molecule has 2 N–H and O–H groups in total. The summed E-state index contributed by atoms with van der Waals surface area (Å²) in [5, 5.41) is 9.99. The summed E-state index contributed by atoms with van der Waals surface area (Å²) in [6.07, 6.45) is 5.69. The van der Waals surface area contributed by atoms with Crippen molar-refractivity contribution < 1.29 is 4.79 Å². The molecule has 0 fully saturated rings. The number of nitrogens with one attached hydrogen (secondary N) is 2. The molecule has 0 saturated heterocycles. The number of imidazole rings is 1. The van der Waals surface area contributed by atoms with E-state index < -0.39 is 0 Å². The molecular formula is C19H19N7O. The number of aromatic amines is 1. The molecule has 0 radical (unpaired) electrons. The third-order valence-corrected chi connectivity index (χ3v) is 4.23. The van der Waals surface area contributed by atoms with Gasteiger partial charge in [0.2, 0.25) is 5.91 Å². The fraction of sp³-hybridized carbons (Fsp3) is 0.211. The Hall–Kier alpha value is -3.55. The molecule has 4 aromatic rings. The molecule has 1 aromatic carbocycles. The second-order valence-electron chi connectivity index (χ2n) is 6.31. The molecule has 8 heteroatoms. The Morgan fingerprint density at radius 3 is 3.07 bits per heavy atom. The predicted molar refractivity (Wildman–Crippen MR) is 101 cm³/mol. The Kier molecular flexibility index (Phi) is 4.61. The van der Waals surface area contributed by atoms with Crippen LogP contribution in [0.5, 0.6) is 0 Å². The van der Waals surface area contributed by atoms with Crippen LogP contribution in [0.1, 0.15) is 11.4 Å². The molecule has 0 atom stereocenters. The normalized spacial score (nSPS) is 11.0. The predicted octanol–water partition coefficient (Wildman–Crippen LogP) is 1.88. The van der Waals surface area contributed by atoms with Gasteiger partial charge >= 0.3 is 0 Å². The Labute approximate surface area is 155 Å². The minimum Gasteiger partial charge on any atom is -0.354 e. The zero-order chi connectivity index (χ0) is 18.6. The monoisotopic (exact) mass is 361 g/mol. The van der Waals surface area contributed by atoms with Crippen LogP contribution in [-0.4, -0.2) is 42.2 Å². The summed E-state index contributed by atoms with van der Waals surface area (Å²) in [7, 11) is 0. The number of benzene rings is 1. The molecule has 0 aliphatic rings. The van der Waals surface area contributed by atoms with Crippen LogP contribution in [0.2, 0.25) is 0 Å². The van der Waals surface area contributed by atoms with Gasteiger partial charge in [-0.2, -0.15) is 5.10 Å². The number of hydrogen-bond donors (Lipinski definition) is 2. The number of pyridine rings is 1. The molecule has 136 valence electrons. The quantitative estimate of drug-likeness (QED) is 0.546. The fourth-order valence-corrected chi connectivity index (χ4v) is 2.85. The third kappa shape index (κ3) is 3.84. The highest BCUT2D eigenvalue weighted by molar-refractivity contribution is 5.80. The number of nitrogens with zero attached hydrogens (tertiary/aromatic N) is 5. The SMILES string of the molecule is Cc1ccc2ncn(CC(=O)NCCc3nc(-c4cccnc4)n[nH]3)c2c1. The lowest BCUT2D eigenvalue weighted by Gasteiger charge is -2.06. The Morgan fingerprint density at radius 2 is 2.22 bits per heavy atom. The first-order valence-corrected chi connectivity index (χ1v) is 8.69. The Morgan fingerprint density at radius 1 is 1.30 bits per heavy atom. The van der Waals surface area contributed by atoms with Crippen LogP contribution in [-0.2, 0) is 17.8 Å². The maximum Gasteiger partial charge on any atom is 0.240 e. The van der Waals surface area contributed by atoms with E-state index in [0.717, 1.165) is 28.0 Å². The standard InChI is InChI=1S/C19H19N7O/c1-13-4-5-15-16(9-13)26(12-22-15)11-18(27)21-8-6-17-23-19(25-24-17)14-3-2-7-20-10-14/h2-5,7,9-10,12H,6,8,11H2,1H3,(H,21,27)(H,23,24,25). The number of amides is 1. The van der Waals surface area contributed by atoms with E-state index in [0.29, 0.717) is 18.8 Å². The molecular weight excluding hydrogens is 342 g/mol. The summed E-state index contributed by atoms with van der Waals surface area (Å²) in [5.74, 6) is 1.25. The summed E-state index contributed by atoms with van der Waals surface area (Å²) in [6, 6.07) is 9.75. The van der Waals surface area contributed by atoms with E-state index in [4.69, 9.17) is 0 Å². The van der Waals surface area contributed by atoms with Crippen molar-refractivity contribution in [3.63, 3.8) is 0 Å². The summed E-state index contributed by atoms with van der Waals surface area (Å²) in [6.45, 7) is 2.73. The van der Waals surface area contributed by atoms with Gasteiger partial charge in [0, 0.05) is 30.9 Å². The highest BCUT2D eigenvalue weighted by Gasteiger charge is 2.09. The third-order valence-electron chi connectivity index (χ3n) is 4.23. The number of H-pyrrole nitrogens is 1. The molecule has 8 nitrogen and oxygen atoms in total. The maximum absolute atomic E-state index is 12.2. The van der Waals surface area contributed by atoms with Crippen molar-refractivity contribution in [2.75, 3.05) is 6.54 Å². The van der Waals surface area contributed by atoms with Crippen LogP contribution in [0.25, 0.3) is 22.4 Å². The largest absolute Gasteiger partial charge is 0.354 e. The van der Waals surface area contributed by atoms with E-state index in [1.54, 1.807) is 18.7 Å². The lowest BCUT2D eigenvalue weighted by atomic mass is 10.2. The molecule has 0 unspecified atom stereocenters. The average Bonchev–Trinajstić information content (AvgIpc) is 3.30. The fourth-order valence-electron chi connectivity index (χ4n) is 2.85. The van der Waals surface area contributed by atoms with E-state index in [1.807, 2.05) is 41.8 Å². The van der Waals surface area contributed by atoms with Crippen LogP contribution < -0.4 is 5.32 Å². The van der Waals surface area contributed by atoms with Gasteiger partial charge in [0.15, 0.2) is 5.82 Å². The average molecular weight is 361 g/mol. The minimum absolute atomic E-state index is 0.0668. The number of fused-ring (bicyclic) bond motifs is 1. The van der Waals surface area contributed by atoms with Crippen molar-refractivity contribution in [2.24, 2.45) is 0 Å². The van der Waals surface area contributed by atoms with Crippen molar-refractivity contribution in [1.82, 2.24) is 35.0 Å². The number of hydrogen-bond acceptors (Lipinski definition) is 5. The molecule has 0 spiro atoms. The van der Waals surface area contributed by atoms with Crippen LogP contribution >= 0.6 is 0 Å². The number of aromatic nitrogens is 6. The molecule has 0 aliphatic carbocycles. The molecule has 3 aromatic heterocycles. The zero-order valence-electron chi connectivity index (χ0n) is 14.9. The number of carbonyl (C=O) groups is 1. The van der Waals surface area contributed by atoms with Gasteiger partial charge in [0.1, 0.15) is 12.4 Å². The van der Waals surface area contributed by atoms with Gasteiger partial charge in [-0.3, -0.25) is 14.9 Å². The van der Waals surface area contributed by atoms with Crippen molar-refractivity contribution in [1.29, 1.82) is 0 Å². The van der Waals surface area contributed by atoms with Gasteiger partial charge < -0.3 is 9.88 Å². The Bertz CT molecular complexity index is 1070. The smallest absolute Gasteiger partial charge is 0.240 e. The maximum atomic E-state index is 12.2. The van der Waals surface area contributed by atoms with E-state index in [1.165, 1.54) is 0 Å². The highest BCUT2D eigenvalue weighted by atomic mass is 16.1. The number of carbonyl (C=O) groups excluding carboxylic acids is 1. The minimum atomic E-state index is -0.0668. The lowest BCUT2D eigenvalue weighted by molar-refractivity contribution is -0.121. The van der Waals surface area contributed by atoms with Crippen LogP contribution in [0.15, 0.2) is 49.1 Å². The van der Waals surface area contributed by atoms with Gasteiger partial charge in [-0.25, -0.2) is 9.97 Å². The molecule has 0 aliphatic heterocycles. The van der Waals surface area contributed by atoms with Crippen molar-refractivity contribution in [2.45, 2.75) is 19.9 Å². The van der Waals surface area contributed by atoms with Gasteiger partial charge in [0.05, 0.1) is 17.4 Å². The summed E-state index contributed by atoms with van der Waals surface area (Å²) < 4.78 is 1.85. The first-order valence-electron chi connectivity index (χ1n) is 8.69. The van der Waals surface area contributed by atoms with E-state index >= 15 is 0 Å². The van der Waals surface area contributed by atoms with E-state index in [9.17, 15) is 4.79 Å². The zero-order valence-corrected chi connectivity index (χ0v) is 14.9. The summed E-state index contributed by atoms with van der Waals surface area (Å²) in [5.41, 5.74) is 3.84. The van der Waals surface area contributed by atoms with Gasteiger partial charge in [-0.05, 0) is 36.8 Å². The van der Waals surface area contributed by atoms with Crippen molar-refractivity contribution in [3.8, 4) is 11.4 Å².